The van der Waals surface area contributed by atoms with Crippen LogP contribution < -0.4 is 5.32 Å². The molecule has 1 amide bonds. The normalized spacial score (nSPS) is 21.7. The summed E-state index contributed by atoms with van der Waals surface area (Å²) in [5, 5.41) is 22.9. The van der Waals surface area contributed by atoms with Crippen LogP contribution in [0.3, 0.4) is 0 Å². The van der Waals surface area contributed by atoms with Gasteiger partial charge in [0, 0.05) is 23.2 Å². The summed E-state index contributed by atoms with van der Waals surface area (Å²) in [7, 11) is 0. The largest absolute Gasteiger partial charge is 0.393 e. The predicted octanol–water partition coefficient (Wildman–Crippen LogP) is 4.63. The van der Waals surface area contributed by atoms with Gasteiger partial charge in [-0.05, 0) is 67.9 Å². The fourth-order valence-electron chi connectivity index (χ4n) is 4.68. The molecule has 0 radical (unpaired) electrons. The minimum absolute atomic E-state index is 0.00492. The van der Waals surface area contributed by atoms with Gasteiger partial charge in [0.15, 0.2) is 0 Å². The maximum Gasteiger partial charge on any atom is 0.253 e. The molecule has 2 aliphatic rings. The molecule has 0 saturated heterocycles. The summed E-state index contributed by atoms with van der Waals surface area (Å²) in [4.78, 5) is 17.7. The van der Waals surface area contributed by atoms with Crippen molar-refractivity contribution in [3.63, 3.8) is 0 Å². The third-order valence-corrected chi connectivity index (χ3v) is 6.80. The molecule has 162 valence electrons. The fraction of sp³-hybridized carbons (Fsp3) is 0.346. The summed E-state index contributed by atoms with van der Waals surface area (Å²) in [6.07, 6.45) is 5.75. The molecule has 2 aromatic carbocycles. The average Bonchev–Trinajstić information content (AvgIpc) is 3.61. The number of nitrogens with one attached hydrogen (secondary N) is 1. The van der Waals surface area contributed by atoms with Crippen LogP contribution in [0.1, 0.15) is 54.4 Å². The van der Waals surface area contributed by atoms with E-state index in [0.29, 0.717) is 34.9 Å². The van der Waals surface area contributed by atoms with E-state index < -0.39 is 11.2 Å². The third kappa shape index (κ3) is 3.74. The van der Waals surface area contributed by atoms with E-state index in [-0.39, 0.29) is 18.1 Å². The Balaban J connectivity index is 1.56. The van der Waals surface area contributed by atoms with Crippen LogP contribution in [-0.4, -0.2) is 28.1 Å². The van der Waals surface area contributed by atoms with Gasteiger partial charge >= 0.3 is 0 Å². The van der Waals surface area contributed by atoms with Crippen molar-refractivity contribution in [1.82, 2.24) is 10.3 Å². The molecular formula is C26H24FN3O2. The lowest BCUT2D eigenvalue weighted by atomic mass is 9.91. The zero-order chi connectivity index (χ0) is 22.3. The van der Waals surface area contributed by atoms with Gasteiger partial charge in [0.05, 0.1) is 28.7 Å². The van der Waals surface area contributed by atoms with E-state index in [1.165, 1.54) is 12.1 Å². The molecule has 0 aliphatic heterocycles. The van der Waals surface area contributed by atoms with E-state index in [9.17, 15) is 19.6 Å². The average molecular weight is 429 g/mol. The topological polar surface area (TPSA) is 86.0 Å². The number of halogens is 1. The van der Waals surface area contributed by atoms with Crippen LogP contribution in [0.5, 0.6) is 0 Å². The van der Waals surface area contributed by atoms with Crippen molar-refractivity contribution in [1.29, 1.82) is 5.26 Å². The van der Waals surface area contributed by atoms with E-state index in [0.717, 1.165) is 36.8 Å². The van der Waals surface area contributed by atoms with Crippen LogP contribution in [0, 0.1) is 17.1 Å². The standard InChI is InChI=1S/C26H24FN3O2/c27-18-5-10-23-21(13-18)24(16-1-3-17(4-2-16)26(15-28)11-12-26)22(14-29-23)25(32)30-19-6-8-20(31)9-7-19/h1-5,10,13-14,19-20,31H,6-9,11-12H2,(H,30,32). The number of carbonyl (C=O) groups is 1. The molecule has 0 unspecified atom stereocenters. The van der Waals surface area contributed by atoms with Crippen LogP contribution in [0.4, 0.5) is 4.39 Å². The first-order valence-corrected chi connectivity index (χ1v) is 11.1. The number of hydrogen-bond donors (Lipinski definition) is 2. The highest BCUT2D eigenvalue weighted by Crippen LogP contribution is 2.48. The molecule has 1 heterocycles. The van der Waals surface area contributed by atoms with E-state index >= 15 is 0 Å². The quantitative estimate of drug-likeness (QED) is 0.633. The SMILES string of the molecule is N#CC1(c2ccc(-c3c(C(=O)NC4CCC(O)CC4)cnc4ccc(F)cc34)cc2)CC1. The highest BCUT2D eigenvalue weighted by molar-refractivity contribution is 6.08. The zero-order valence-electron chi connectivity index (χ0n) is 17.6. The Labute approximate surface area is 185 Å². The number of hydrogen-bond acceptors (Lipinski definition) is 4. The van der Waals surface area contributed by atoms with Crippen molar-refractivity contribution >= 4 is 16.8 Å². The van der Waals surface area contributed by atoms with Gasteiger partial charge in [0.1, 0.15) is 5.82 Å². The molecule has 2 N–H and O–H groups in total. The molecule has 6 heteroatoms. The number of aliphatic hydroxyl groups is 1. The second-order valence-corrected chi connectivity index (χ2v) is 8.96. The molecule has 2 saturated carbocycles. The van der Waals surface area contributed by atoms with Crippen LogP contribution in [-0.2, 0) is 5.41 Å². The van der Waals surface area contributed by atoms with Crippen LogP contribution in [0.25, 0.3) is 22.0 Å². The third-order valence-electron chi connectivity index (χ3n) is 6.80. The number of nitriles is 1. The Hall–Kier alpha value is -3.30. The van der Waals surface area contributed by atoms with Crippen LogP contribution in [0.2, 0.25) is 0 Å². The molecule has 2 fully saturated rings. The first-order valence-electron chi connectivity index (χ1n) is 11.1. The number of nitrogens with zero attached hydrogens (tertiary/aromatic N) is 2. The van der Waals surface area contributed by atoms with Crippen molar-refractivity contribution in [2.24, 2.45) is 0 Å². The van der Waals surface area contributed by atoms with Gasteiger partial charge in [-0.1, -0.05) is 24.3 Å². The smallest absolute Gasteiger partial charge is 0.253 e. The number of fused-ring (bicyclic) bond motifs is 1. The number of pyridine rings is 1. The summed E-state index contributed by atoms with van der Waals surface area (Å²) < 4.78 is 14.2. The van der Waals surface area contributed by atoms with Crippen molar-refractivity contribution in [3.05, 3.63) is 65.6 Å². The number of carbonyl (C=O) groups excluding carboxylic acids is 1. The first-order chi connectivity index (χ1) is 15.5. The molecule has 0 bridgehead atoms. The summed E-state index contributed by atoms with van der Waals surface area (Å²) in [5.74, 6) is -0.641. The van der Waals surface area contributed by atoms with Gasteiger partial charge in [0.25, 0.3) is 5.91 Å². The van der Waals surface area contributed by atoms with Crippen LogP contribution in [0.15, 0.2) is 48.7 Å². The van der Waals surface area contributed by atoms with Gasteiger partial charge in [-0.3, -0.25) is 9.78 Å². The molecule has 3 aromatic rings. The Kier molecular flexibility index (Phi) is 5.15. The molecule has 1 aromatic heterocycles. The maximum absolute atomic E-state index is 14.2. The molecule has 2 aliphatic carbocycles. The highest BCUT2D eigenvalue weighted by atomic mass is 19.1. The lowest BCUT2D eigenvalue weighted by Gasteiger charge is -2.26. The van der Waals surface area contributed by atoms with Gasteiger partial charge in [-0.25, -0.2) is 4.39 Å². The molecule has 0 atom stereocenters. The highest BCUT2D eigenvalue weighted by Gasteiger charge is 2.44. The lowest BCUT2D eigenvalue weighted by Crippen LogP contribution is -2.38. The van der Waals surface area contributed by atoms with Crippen molar-refractivity contribution in [3.8, 4) is 17.2 Å². The van der Waals surface area contributed by atoms with Gasteiger partial charge in [0.2, 0.25) is 0 Å². The molecule has 5 nitrogen and oxygen atoms in total. The van der Waals surface area contributed by atoms with Crippen molar-refractivity contribution < 1.29 is 14.3 Å². The number of aromatic nitrogens is 1. The number of aliphatic hydroxyl groups excluding tert-OH is 1. The molecule has 32 heavy (non-hydrogen) atoms. The van der Waals surface area contributed by atoms with Crippen LogP contribution >= 0.6 is 0 Å². The summed E-state index contributed by atoms with van der Waals surface area (Å²) in [6.45, 7) is 0. The number of benzene rings is 2. The Morgan fingerprint density at radius 1 is 1.12 bits per heavy atom. The van der Waals surface area contributed by atoms with Crippen molar-refractivity contribution in [2.75, 3.05) is 0 Å². The fourth-order valence-corrected chi connectivity index (χ4v) is 4.68. The minimum atomic E-state index is -0.392. The number of amides is 1. The Morgan fingerprint density at radius 3 is 2.50 bits per heavy atom. The predicted molar refractivity (Wildman–Crippen MR) is 119 cm³/mol. The monoisotopic (exact) mass is 429 g/mol. The molecular weight excluding hydrogens is 405 g/mol. The van der Waals surface area contributed by atoms with Gasteiger partial charge in [-0.2, -0.15) is 5.26 Å². The molecule has 0 spiro atoms. The number of rotatable bonds is 4. The van der Waals surface area contributed by atoms with E-state index in [1.807, 2.05) is 24.3 Å². The van der Waals surface area contributed by atoms with Gasteiger partial charge in [-0.15, -0.1) is 0 Å². The zero-order valence-corrected chi connectivity index (χ0v) is 17.6. The van der Waals surface area contributed by atoms with E-state index in [2.05, 4.69) is 16.4 Å². The Morgan fingerprint density at radius 2 is 1.84 bits per heavy atom. The lowest BCUT2D eigenvalue weighted by molar-refractivity contribution is 0.0868. The van der Waals surface area contributed by atoms with Crippen molar-refractivity contribution in [2.45, 2.75) is 56.1 Å². The summed E-state index contributed by atoms with van der Waals surface area (Å²) in [5.41, 5.74) is 3.00. The summed E-state index contributed by atoms with van der Waals surface area (Å²) in [6, 6.07) is 14.5. The van der Waals surface area contributed by atoms with E-state index in [4.69, 9.17) is 0 Å². The first kappa shape index (κ1) is 20.6. The van der Waals surface area contributed by atoms with E-state index in [1.54, 1.807) is 12.3 Å². The molecule has 5 rings (SSSR count). The minimum Gasteiger partial charge on any atom is -0.393 e. The second kappa shape index (κ2) is 7.99. The summed E-state index contributed by atoms with van der Waals surface area (Å²) >= 11 is 0. The second-order valence-electron chi connectivity index (χ2n) is 8.96. The van der Waals surface area contributed by atoms with Gasteiger partial charge < -0.3 is 10.4 Å². The maximum atomic E-state index is 14.2. The Bertz CT molecular complexity index is 1220.